The largest absolute Gasteiger partial charge is 0.368 e. The average molecular weight is 275 g/mol. The minimum absolute atomic E-state index is 0.383. The van der Waals surface area contributed by atoms with Gasteiger partial charge in [0.15, 0.2) is 0 Å². The highest BCUT2D eigenvalue weighted by molar-refractivity contribution is 6.18. The zero-order valence-electron chi connectivity index (χ0n) is 9.48. The molecule has 0 aromatic heterocycles. The number of halogens is 2. The van der Waals surface area contributed by atoms with Gasteiger partial charge < -0.3 is 5.73 Å². The fourth-order valence-corrected chi connectivity index (χ4v) is 2.21. The zero-order chi connectivity index (χ0) is 12.7. The van der Waals surface area contributed by atoms with E-state index >= 15 is 0 Å². The van der Waals surface area contributed by atoms with Gasteiger partial charge in [0.25, 0.3) is 0 Å². The Balaban J connectivity index is 2.94. The molecule has 1 amide bonds. The Morgan fingerprint density at radius 2 is 1.71 bits per heavy atom. The molecule has 17 heavy (non-hydrogen) atoms. The van der Waals surface area contributed by atoms with Crippen molar-refractivity contribution in [3.05, 3.63) is 35.9 Å². The lowest BCUT2D eigenvalue weighted by atomic mass is 10.0. The van der Waals surface area contributed by atoms with Crippen LogP contribution < -0.4 is 5.73 Å². The van der Waals surface area contributed by atoms with E-state index in [4.69, 9.17) is 28.9 Å². The Bertz CT molecular complexity index is 340. The second-order valence-electron chi connectivity index (χ2n) is 3.63. The van der Waals surface area contributed by atoms with E-state index in [-0.39, 0.29) is 5.91 Å². The molecule has 1 aromatic rings. The van der Waals surface area contributed by atoms with Crippen molar-refractivity contribution in [1.82, 2.24) is 4.90 Å². The summed E-state index contributed by atoms with van der Waals surface area (Å²) in [6, 6.07) is 8.95. The first-order chi connectivity index (χ1) is 8.20. The molecule has 1 unspecified atom stereocenters. The number of hydrogen-bond acceptors (Lipinski definition) is 2. The van der Waals surface area contributed by atoms with E-state index in [0.29, 0.717) is 24.8 Å². The lowest BCUT2D eigenvalue weighted by Gasteiger charge is -2.28. The highest BCUT2D eigenvalue weighted by atomic mass is 35.5. The number of amides is 1. The second-order valence-corrected chi connectivity index (χ2v) is 4.39. The third-order valence-electron chi connectivity index (χ3n) is 2.49. The van der Waals surface area contributed by atoms with Crippen molar-refractivity contribution >= 4 is 29.1 Å². The summed E-state index contributed by atoms with van der Waals surface area (Å²) in [5, 5.41) is 0. The van der Waals surface area contributed by atoms with Crippen LogP contribution in [-0.2, 0) is 4.79 Å². The van der Waals surface area contributed by atoms with Gasteiger partial charge in [-0.3, -0.25) is 9.69 Å². The van der Waals surface area contributed by atoms with Crippen LogP contribution in [0.4, 0.5) is 0 Å². The van der Waals surface area contributed by atoms with Crippen LogP contribution in [0.15, 0.2) is 30.3 Å². The molecule has 0 aliphatic heterocycles. The summed E-state index contributed by atoms with van der Waals surface area (Å²) in [5.41, 5.74) is 6.33. The van der Waals surface area contributed by atoms with Crippen LogP contribution in [0.2, 0.25) is 0 Å². The maximum absolute atomic E-state index is 11.6. The molecular weight excluding hydrogens is 259 g/mol. The molecule has 0 aliphatic carbocycles. The lowest BCUT2D eigenvalue weighted by molar-refractivity contribution is -0.123. The van der Waals surface area contributed by atoms with Gasteiger partial charge >= 0.3 is 0 Å². The number of alkyl halides is 2. The third-order valence-corrected chi connectivity index (χ3v) is 2.83. The van der Waals surface area contributed by atoms with Crippen molar-refractivity contribution in [3.8, 4) is 0 Å². The molecule has 3 nitrogen and oxygen atoms in total. The van der Waals surface area contributed by atoms with Crippen LogP contribution in [0.1, 0.15) is 11.6 Å². The number of nitrogens with zero attached hydrogens (tertiary/aromatic N) is 1. The lowest BCUT2D eigenvalue weighted by Crippen LogP contribution is -2.40. The maximum Gasteiger partial charge on any atom is 0.239 e. The van der Waals surface area contributed by atoms with E-state index in [1.54, 1.807) is 0 Å². The number of rotatable bonds is 7. The van der Waals surface area contributed by atoms with Gasteiger partial charge in [0.2, 0.25) is 5.91 Å². The summed E-state index contributed by atoms with van der Waals surface area (Å²) in [7, 11) is 0. The Labute approximate surface area is 111 Å². The SMILES string of the molecule is NC(=O)C(c1ccccc1)N(CCCl)CCCl. The predicted octanol–water partition coefficient (Wildman–Crippen LogP) is 1.99. The smallest absolute Gasteiger partial charge is 0.239 e. The first-order valence-corrected chi connectivity index (χ1v) is 6.48. The molecule has 0 saturated heterocycles. The monoisotopic (exact) mass is 274 g/mol. The van der Waals surface area contributed by atoms with Gasteiger partial charge in [0.05, 0.1) is 0 Å². The number of hydrogen-bond donors (Lipinski definition) is 1. The van der Waals surface area contributed by atoms with Gasteiger partial charge in [-0.1, -0.05) is 30.3 Å². The molecule has 0 bridgehead atoms. The van der Waals surface area contributed by atoms with Gasteiger partial charge in [0, 0.05) is 24.8 Å². The fourth-order valence-electron chi connectivity index (χ4n) is 1.78. The van der Waals surface area contributed by atoms with Gasteiger partial charge in [-0.2, -0.15) is 0 Å². The van der Waals surface area contributed by atoms with E-state index in [0.717, 1.165) is 5.56 Å². The molecule has 5 heteroatoms. The van der Waals surface area contributed by atoms with E-state index in [9.17, 15) is 4.79 Å². The summed E-state index contributed by atoms with van der Waals surface area (Å²) >= 11 is 11.5. The fraction of sp³-hybridized carbons (Fsp3) is 0.417. The van der Waals surface area contributed by atoms with Crippen molar-refractivity contribution in [2.45, 2.75) is 6.04 Å². The van der Waals surface area contributed by atoms with Gasteiger partial charge in [-0.05, 0) is 5.56 Å². The first kappa shape index (κ1) is 14.3. The maximum atomic E-state index is 11.6. The molecule has 0 heterocycles. The number of carbonyl (C=O) groups is 1. The molecule has 94 valence electrons. The number of nitrogens with two attached hydrogens (primary N) is 1. The van der Waals surface area contributed by atoms with Crippen molar-refractivity contribution in [1.29, 1.82) is 0 Å². The van der Waals surface area contributed by atoms with Crippen LogP contribution in [-0.4, -0.2) is 35.7 Å². The summed E-state index contributed by atoms with van der Waals surface area (Å²) in [6.07, 6.45) is 0. The first-order valence-electron chi connectivity index (χ1n) is 5.41. The molecule has 0 radical (unpaired) electrons. The molecular formula is C12H16Cl2N2O. The van der Waals surface area contributed by atoms with E-state index in [1.807, 2.05) is 35.2 Å². The van der Waals surface area contributed by atoms with Gasteiger partial charge in [0.1, 0.15) is 6.04 Å². The third kappa shape index (κ3) is 4.19. The quantitative estimate of drug-likeness (QED) is 0.773. The highest BCUT2D eigenvalue weighted by Gasteiger charge is 2.24. The Morgan fingerprint density at radius 3 is 2.12 bits per heavy atom. The standard InChI is InChI=1S/C12H16Cl2N2O/c13-6-8-16(9-7-14)11(12(15)17)10-4-2-1-3-5-10/h1-5,11H,6-9H2,(H2,15,17). The number of carbonyl (C=O) groups excluding carboxylic acids is 1. The van der Waals surface area contributed by atoms with Crippen molar-refractivity contribution in [2.75, 3.05) is 24.8 Å². The Morgan fingerprint density at radius 1 is 1.18 bits per heavy atom. The van der Waals surface area contributed by atoms with Crippen molar-refractivity contribution < 1.29 is 4.79 Å². The van der Waals surface area contributed by atoms with Crippen LogP contribution in [0.3, 0.4) is 0 Å². The zero-order valence-corrected chi connectivity index (χ0v) is 11.0. The molecule has 1 atom stereocenters. The minimum atomic E-state index is -0.464. The molecule has 2 N–H and O–H groups in total. The normalized spacial score (nSPS) is 12.6. The van der Waals surface area contributed by atoms with Crippen LogP contribution in [0.5, 0.6) is 0 Å². The van der Waals surface area contributed by atoms with Gasteiger partial charge in [-0.25, -0.2) is 0 Å². The summed E-state index contributed by atoms with van der Waals surface area (Å²) < 4.78 is 0. The van der Waals surface area contributed by atoms with Crippen LogP contribution >= 0.6 is 23.2 Å². The average Bonchev–Trinajstić information content (AvgIpc) is 2.31. The van der Waals surface area contributed by atoms with E-state index in [2.05, 4.69) is 0 Å². The Kier molecular flexibility index (Phi) is 6.34. The van der Waals surface area contributed by atoms with E-state index in [1.165, 1.54) is 0 Å². The molecule has 0 saturated carbocycles. The summed E-state index contributed by atoms with van der Waals surface area (Å²) in [6.45, 7) is 1.16. The Hall–Kier alpha value is -0.770. The van der Waals surface area contributed by atoms with Crippen molar-refractivity contribution in [2.24, 2.45) is 5.73 Å². The molecule has 1 rings (SSSR count). The minimum Gasteiger partial charge on any atom is -0.368 e. The molecule has 0 spiro atoms. The highest BCUT2D eigenvalue weighted by Crippen LogP contribution is 2.20. The summed E-state index contributed by atoms with van der Waals surface area (Å²) in [5.74, 6) is 0.493. The van der Waals surface area contributed by atoms with Crippen LogP contribution in [0.25, 0.3) is 0 Å². The molecule has 0 aliphatic rings. The molecule has 1 aromatic carbocycles. The van der Waals surface area contributed by atoms with Gasteiger partial charge in [-0.15, -0.1) is 23.2 Å². The number of benzene rings is 1. The topological polar surface area (TPSA) is 46.3 Å². The van der Waals surface area contributed by atoms with E-state index < -0.39 is 6.04 Å². The van der Waals surface area contributed by atoms with Crippen molar-refractivity contribution in [3.63, 3.8) is 0 Å². The van der Waals surface area contributed by atoms with Crippen LogP contribution in [0, 0.1) is 0 Å². The predicted molar refractivity (Wildman–Crippen MR) is 71.4 cm³/mol. The molecule has 0 fully saturated rings. The second kappa shape index (κ2) is 7.54. The summed E-state index contributed by atoms with van der Waals surface area (Å²) in [4.78, 5) is 13.5. The number of primary amides is 1.